The standard InChI is InChI=1S/C17H19BrN2O/c1-11-9-16(12(2)20(11)15-7-8-15)17(21)10-19-14-5-3-13(18)4-6-14/h3-6,9,15,19H,7-8,10H2,1-2H3. The predicted octanol–water partition coefficient (Wildman–Crippen LogP) is 4.50. The Kier molecular flexibility index (Phi) is 3.89. The van der Waals surface area contributed by atoms with Crippen LogP contribution in [0.2, 0.25) is 0 Å². The first-order chi connectivity index (χ1) is 10.1. The molecule has 1 aliphatic carbocycles. The van der Waals surface area contributed by atoms with Crippen molar-refractivity contribution in [2.24, 2.45) is 0 Å². The van der Waals surface area contributed by atoms with Gasteiger partial charge in [0.25, 0.3) is 0 Å². The van der Waals surface area contributed by atoms with Crippen LogP contribution in [0.5, 0.6) is 0 Å². The maximum Gasteiger partial charge on any atom is 0.183 e. The molecule has 3 rings (SSSR count). The molecule has 4 heteroatoms. The molecule has 0 amide bonds. The first kappa shape index (κ1) is 14.4. The number of aryl methyl sites for hydroxylation is 1. The molecular formula is C17H19BrN2O. The minimum absolute atomic E-state index is 0.151. The number of rotatable bonds is 5. The van der Waals surface area contributed by atoms with Gasteiger partial charge < -0.3 is 9.88 Å². The van der Waals surface area contributed by atoms with Gasteiger partial charge in [-0.05, 0) is 57.0 Å². The van der Waals surface area contributed by atoms with Gasteiger partial charge in [-0.3, -0.25) is 4.79 Å². The van der Waals surface area contributed by atoms with Crippen LogP contribution in [0.25, 0.3) is 0 Å². The van der Waals surface area contributed by atoms with Crippen LogP contribution in [0.15, 0.2) is 34.8 Å². The largest absolute Gasteiger partial charge is 0.378 e. The third-order valence-corrected chi connectivity index (χ3v) is 4.52. The number of aromatic nitrogens is 1. The number of ketones is 1. The Bertz CT molecular complexity index is 669. The second-order valence-corrected chi connectivity index (χ2v) is 6.59. The Morgan fingerprint density at radius 2 is 1.95 bits per heavy atom. The van der Waals surface area contributed by atoms with Gasteiger partial charge in [-0.1, -0.05) is 15.9 Å². The highest BCUT2D eigenvalue weighted by Gasteiger charge is 2.28. The van der Waals surface area contributed by atoms with Crippen molar-refractivity contribution in [2.75, 3.05) is 11.9 Å². The summed E-state index contributed by atoms with van der Waals surface area (Å²) in [7, 11) is 0. The highest BCUT2D eigenvalue weighted by atomic mass is 79.9. The third-order valence-electron chi connectivity index (χ3n) is 3.99. The molecule has 0 aliphatic heterocycles. The minimum Gasteiger partial charge on any atom is -0.378 e. The fraction of sp³-hybridized carbons (Fsp3) is 0.353. The number of nitrogens with one attached hydrogen (secondary N) is 1. The lowest BCUT2D eigenvalue weighted by molar-refractivity contribution is 0.101. The number of halogens is 1. The molecule has 0 radical (unpaired) electrons. The lowest BCUT2D eigenvalue weighted by Gasteiger charge is -2.08. The summed E-state index contributed by atoms with van der Waals surface area (Å²) < 4.78 is 3.35. The molecule has 2 aromatic rings. The van der Waals surface area contributed by atoms with Gasteiger partial charge in [-0.25, -0.2) is 0 Å². The monoisotopic (exact) mass is 346 g/mol. The van der Waals surface area contributed by atoms with E-state index in [1.165, 1.54) is 18.5 Å². The summed E-state index contributed by atoms with van der Waals surface area (Å²) in [6.07, 6.45) is 2.47. The van der Waals surface area contributed by atoms with Crippen molar-refractivity contribution < 1.29 is 4.79 Å². The summed E-state index contributed by atoms with van der Waals surface area (Å²) in [6, 6.07) is 10.5. The van der Waals surface area contributed by atoms with Gasteiger partial charge in [0.2, 0.25) is 0 Å². The number of carbonyl (C=O) groups is 1. The molecule has 0 saturated heterocycles. The number of benzene rings is 1. The number of carbonyl (C=O) groups excluding carboxylic acids is 1. The van der Waals surface area contributed by atoms with Gasteiger partial charge in [0.1, 0.15) is 0 Å². The van der Waals surface area contributed by atoms with E-state index in [0.29, 0.717) is 12.6 Å². The topological polar surface area (TPSA) is 34.0 Å². The average Bonchev–Trinajstić information content (AvgIpc) is 3.24. The molecule has 1 heterocycles. The molecule has 1 fully saturated rings. The van der Waals surface area contributed by atoms with Crippen LogP contribution in [0, 0.1) is 13.8 Å². The van der Waals surface area contributed by atoms with Crippen LogP contribution < -0.4 is 5.32 Å². The average molecular weight is 347 g/mol. The Hall–Kier alpha value is -1.55. The zero-order valence-corrected chi connectivity index (χ0v) is 13.9. The zero-order chi connectivity index (χ0) is 15.0. The molecule has 21 heavy (non-hydrogen) atoms. The van der Waals surface area contributed by atoms with E-state index in [-0.39, 0.29) is 5.78 Å². The zero-order valence-electron chi connectivity index (χ0n) is 12.3. The van der Waals surface area contributed by atoms with Crippen LogP contribution >= 0.6 is 15.9 Å². The van der Waals surface area contributed by atoms with Crippen LogP contribution in [-0.2, 0) is 0 Å². The predicted molar refractivity (Wildman–Crippen MR) is 89.1 cm³/mol. The van der Waals surface area contributed by atoms with Crippen molar-refractivity contribution in [3.8, 4) is 0 Å². The Balaban J connectivity index is 1.71. The Labute approximate surface area is 133 Å². The van der Waals surface area contributed by atoms with E-state index >= 15 is 0 Å². The van der Waals surface area contributed by atoms with Crippen molar-refractivity contribution in [1.29, 1.82) is 0 Å². The van der Waals surface area contributed by atoms with Gasteiger partial charge in [0.15, 0.2) is 5.78 Å². The number of hydrogen-bond donors (Lipinski definition) is 1. The summed E-state index contributed by atoms with van der Waals surface area (Å²) in [5, 5.41) is 3.19. The van der Waals surface area contributed by atoms with Gasteiger partial charge in [0.05, 0.1) is 6.54 Å². The summed E-state index contributed by atoms with van der Waals surface area (Å²) >= 11 is 3.40. The minimum atomic E-state index is 0.151. The molecule has 1 N–H and O–H groups in total. The Morgan fingerprint density at radius 3 is 2.57 bits per heavy atom. The van der Waals surface area contributed by atoms with Crippen molar-refractivity contribution >= 4 is 27.4 Å². The second kappa shape index (κ2) is 5.68. The molecular weight excluding hydrogens is 328 g/mol. The maximum absolute atomic E-state index is 12.4. The highest BCUT2D eigenvalue weighted by Crippen LogP contribution is 2.38. The maximum atomic E-state index is 12.4. The number of Topliss-reactive ketones (excluding diaryl/α,β-unsaturated/α-hetero) is 1. The molecule has 1 aliphatic rings. The van der Waals surface area contributed by atoms with Gasteiger partial charge in [-0.15, -0.1) is 0 Å². The molecule has 3 nitrogen and oxygen atoms in total. The number of hydrogen-bond acceptors (Lipinski definition) is 2. The van der Waals surface area contributed by atoms with Crippen molar-refractivity contribution in [3.63, 3.8) is 0 Å². The van der Waals surface area contributed by atoms with Crippen molar-refractivity contribution in [1.82, 2.24) is 4.57 Å². The van der Waals surface area contributed by atoms with E-state index in [2.05, 4.69) is 39.7 Å². The van der Waals surface area contributed by atoms with Gasteiger partial charge >= 0.3 is 0 Å². The number of nitrogens with zero attached hydrogens (tertiary/aromatic N) is 1. The van der Waals surface area contributed by atoms with Gasteiger partial charge in [-0.2, -0.15) is 0 Å². The van der Waals surface area contributed by atoms with E-state index in [1.807, 2.05) is 30.3 Å². The van der Waals surface area contributed by atoms with Crippen LogP contribution in [0.3, 0.4) is 0 Å². The molecule has 0 unspecified atom stereocenters. The molecule has 0 spiro atoms. The fourth-order valence-corrected chi connectivity index (χ4v) is 3.06. The lowest BCUT2D eigenvalue weighted by atomic mass is 10.1. The summed E-state index contributed by atoms with van der Waals surface area (Å²) in [4.78, 5) is 12.4. The van der Waals surface area contributed by atoms with E-state index in [0.717, 1.165) is 21.4 Å². The van der Waals surface area contributed by atoms with Crippen molar-refractivity contribution in [3.05, 3.63) is 51.8 Å². The first-order valence-electron chi connectivity index (χ1n) is 7.27. The molecule has 110 valence electrons. The first-order valence-corrected chi connectivity index (χ1v) is 8.06. The quantitative estimate of drug-likeness (QED) is 0.809. The molecule has 0 atom stereocenters. The van der Waals surface area contributed by atoms with Gasteiger partial charge in [0, 0.05) is 33.2 Å². The van der Waals surface area contributed by atoms with E-state index in [4.69, 9.17) is 0 Å². The van der Waals surface area contributed by atoms with Crippen LogP contribution in [0.4, 0.5) is 5.69 Å². The van der Waals surface area contributed by atoms with Crippen molar-refractivity contribution in [2.45, 2.75) is 32.7 Å². The van der Waals surface area contributed by atoms with Crippen LogP contribution in [0.1, 0.15) is 40.6 Å². The number of anilines is 1. The smallest absolute Gasteiger partial charge is 0.183 e. The lowest BCUT2D eigenvalue weighted by Crippen LogP contribution is -2.14. The molecule has 0 bridgehead atoms. The SMILES string of the molecule is Cc1cc(C(=O)CNc2ccc(Br)cc2)c(C)n1C1CC1. The third kappa shape index (κ3) is 3.05. The normalized spacial score (nSPS) is 14.2. The van der Waals surface area contributed by atoms with E-state index < -0.39 is 0 Å². The molecule has 1 aromatic carbocycles. The Morgan fingerprint density at radius 1 is 1.29 bits per heavy atom. The fourth-order valence-electron chi connectivity index (χ4n) is 2.80. The van der Waals surface area contributed by atoms with Crippen LogP contribution in [-0.4, -0.2) is 16.9 Å². The summed E-state index contributed by atoms with van der Waals surface area (Å²) in [5.41, 5.74) is 4.12. The summed E-state index contributed by atoms with van der Waals surface area (Å²) in [6.45, 7) is 4.47. The van der Waals surface area contributed by atoms with E-state index in [1.54, 1.807) is 0 Å². The molecule has 1 saturated carbocycles. The highest BCUT2D eigenvalue weighted by molar-refractivity contribution is 9.10. The second-order valence-electron chi connectivity index (χ2n) is 5.67. The van der Waals surface area contributed by atoms with E-state index in [9.17, 15) is 4.79 Å². The summed E-state index contributed by atoms with van der Waals surface area (Å²) in [5.74, 6) is 0.151. The molecule has 1 aromatic heterocycles.